The van der Waals surface area contributed by atoms with E-state index >= 15 is 0 Å². The lowest BCUT2D eigenvalue weighted by Gasteiger charge is -2.41. The SMILES string of the molecule is COc1cc2c(cc1OC)[C@H](CCc1cc(F)cc(F)c1F)N(C(C(N)=O)c1ccccc1)CC2. The number of nitrogens with zero attached hydrogens (tertiary/aromatic N) is 1. The van der Waals surface area contributed by atoms with Gasteiger partial charge in [0.15, 0.2) is 23.1 Å². The Bertz CT molecular complexity index is 1220. The summed E-state index contributed by atoms with van der Waals surface area (Å²) in [4.78, 5) is 14.6. The first-order chi connectivity index (χ1) is 16.8. The molecule has 1 aliphatic heterocycles. The highest BCUT2D eigenvalue weighted by molar-refractivity contribution is 5.81. The molecule has 3 aromatic carbocycles. The molecule has 0 aliphatic carbocycles. The third-order valence-electron chi connectivity index (χ3n) is 6.52. The molecule has 3 aromatic rings. The molecule has 0 saturated heterocycles. The lowest BCUT2D eigenvalue weighted by molar-refractivity contribution is -0.124. The van der Waals surface area contributed by atoms with E-state index in [1.807, 2.05) is 47.4 Å². The minimum atomic E-state index is -1.23. The summed E-state index contributed by atoms with van der Waals surface area (Å²) in [5, 5.41) is 0. The number of carbonyl (C=O) groups excluding carboxylic acids is 1. The van der Waals surface area contributed by atoms with Gasteiger partial charge in [0.1, 0.15) is 11.9 Å². The number of carbonyl (C=O) groups is 1. The van der Waals surface area contributed by atoms with Crippen LogP contribution >= 0.6 is 0 Å². The highest BCUT2D eigenvalue weighted by atomic mass is 19.2. The molecule has 8 heteroatoms. The van der Waals surface area contributed by atoms with E-state index in [4.69, 9.17) is 15.2 Å². The fourth-order valence-electron chi connectivity index (χ4n) is 4.92. The van der Waals surface area contributed by atoms with Crippen molar-refractivity contribution in [2.45, 2.75) is 31.3 Å². The van der Waals surface area contributed by atoms with E-state index in [9.17, 15) is 18.0 Å². The molecular formula is C27H27F3N2O3. The smallest absolute Gasteiger partial charge is 0.239 e. The second-order valence-corrected chi connectivity index (χ2v) is 8.52. The third kappa shape index (κ3) is 4.98. The molecule has 1 aliphatic rings. The molecule has 2 atom stereocenters. The van der Waals surface area contributed by atoms with Crippen LogP contribution in [0.1, 0.15) is 40.8 Å². The second kappa shape index (κ2) is 10.4. The Morgan fingerprint density at radius 1 is 1.06 bits per heavy atom. The molecule has 4 rings (SSSR count). The Morgan fingerprint density at radius 3 is 2.40 bits per heavy atom. The van der Waals surface area contributed by atoms with Gasteiger partial charge in [0, 0.05) is 18.7 Å². The molecule has 0 saturated carbocycles. The molecule has 1 heterocycles. The van der Waals surface area contributed by atoms with Crippen LogP contribution in [-0.2, 0) is 17.6 Å². The van der Waals surface area contributed by atoms with Crippen molar-refractivity contribution in [3.05, 3.63) is 94.3 Å². The van der Waals surface area contributed by atoms with Gasteiger partial charge < -0.3 is 15.2 Å². The minimum absolute atomic E-state index is 0.0513. The van der Waals surface area contributed by atoms with Crippen molar-refractivity contribution in [2.24, 2.45) is 5.73 Å². The van der Waals surface area contributed by atoms with Crippen LogP contribution in [0.5, 0.6) is 11.5 Å². The number of amides is 1. The summed E-state index contributed by atoms with van der Waals surface area (Å²) in [6.07, 6.45) is 0.959. The van der Waals surface area contributed by atoms with E-state index in [1.165, 1.54) is 7.11 Å². The van der Waals surface area contributed by atoms with Crippen molar-refractivity contribution in [1.29, 1.82) is 0 Å². The fourth-order valence-corrected chi connectivity index (χ4v) is 4.92. The Kier molecular flexibility index (Phi) is 7.31. The average molecular weight is 485 g/mol. The van der Waals surface area contributed by atoms with Gasteiger partial charge in [0.05, 0.1) is 14.2 Å². The first kappa shape index (κ1) is 24.6. The zero-order valence-corrected chi connectivity index (χ0v) is 19.6. The van der Waals surface area contributed by atoms with E-state index in [0.29, 0.717) is 37.0 Å². The maximum Gasteiger partial charge on any atom is 0.239 e. The van der Waals surface area contributed by atoms with Gasteiger partial charge in [-0.1, -0.05) is 30.3 Å². The van der Waals surface area contributed by atoms with E-state index in [-0.39, 0.29) is 12.0 Å². The largest absolute Gasteiger partial charge is 0.493 e. The first-order valence-corrected chi connectivity index (χ1v) is 11.3. The van der Waals surface area contributed by atoms with Crippen LogP contribution in [-0.4, -0.2) is 31.6 Å². The Labute approximate surface area is 202 Å². The second-order valence-electron chi connectivity index (χ2n) is 8.52. The van der Waals surface area contributed by atoms with Gasteiger partial charge in [-0.25, -0.2) is 13.2 Å². The van der Waals surface area contributed by atoms with Crippen LogP contribution in [0.25, 0.3) is 0 Å². The molecule has 1 amide bonds. The first-order valence-electron chi connectivity index (χ1n) is 11.3. The summed E-state index contributed by atoms with van der Waals surface area (Å²) in [5.41, 5.74) is 8.40. The molecule has 2 N–H and O–H groups in total. The number of primary amides is 1. The number of fused-ring (bicyclic) bond motifs is 1. The van der Waals surface area contributed by atoms with Crippen LogP contribution in [0.15, 0.2) is 54.6 Å². The van der Waals surface area contributed by atoms with Crippen LogP contribution < -0.4 is 15.2 Å². The molecular weight excluding hydrogens is 457 g/mol. The average Bonchev–Trinajstić information content (AvgIpc) is 2.85. The number of rotatable bonds is 8. The third-order valence-corrected chi connectivity index (χ3v) is 6.52. The Balaban J connectivity index is 1.78. The van der Waals surface area contributed by atoms with Crippen molar-refractivity contribution < 1.29 is 27.4 Å². The van der Waals surface area contributed by atoms with Gasteiger partial charge >= 0.3 is 0 Å². The lowest BCUT2D eigenvalue weighted by Crippen LogP contribution is -2.44. The summed E-state index contributed by atoms with van der Waals surface area (Å²) in [6, 6.07) is 13.3. The summed E-state index contributed by atoms with van der Waals surface area (Å²) >= 11 is 0. The zero-order chi connectivity index (χ0) is 25.1. The Hall–Kier alpha value is -3.52. The van der Waals surface area contributed by atoms with E-state index < -0.39 is 35.4 Å². The summed E-state index contributed by atoms with van der Waals surface area (Å²) in [7, 11) is 3.08. The standard InChI is InChI=1S/C27H27F3N2O3/c1-34-23-13-17-10-11-32(26(27(31)33)16-6-4-3-5-7-16)22(20(17)15-24(23)35-2)9-8-18-12-19(28)14-21(29)25(18)30/h3-7,12-15,22,26H,8-11H2,1-2H3,(H2,31,33)/t22-,26?/m0/s1. The topological polar surface area (TPSA) is 64.8 Å². The molecule has 0 bridgehead atoms. The summed E-state index contributed by atoms with van der Waals surface area (Å²) < 4.78 is 53.0. The molecule has 184 valence electrons. The van der Waals surface area contributed by atoms with Crippen molar-refractivity contribution in [3.8, 4) is 11.5 Å². The van der Waals surface area contributed by atoms with Crippen molar-refractivity contribution >= 4 is 5.91 Å². The van der Waals surface area contributed by atoms with Gasteiger partial charge in [-0.2, -0.15) is 0 Å². The normalized spacial score (nSPS) is 16.4. The number of hydrogen-bond acceptors (Lipinski definition) is 4. The summed E-state index contributed by atoms with van der Waals surface area (Å²) in [6.45, 7) is 0.496. The van der Waals surface area contributed by atoms with Gasteiger partial charge in [0.25, 0.3) is 0 Å². The molecule has 0 radical (unpaired) electrons. The number of benzene rings is 3. The lowest BCUT2D eigenvalue weighted by atomic mass is 9.86. The summed E-state index contributed by atoms with van der Waals surface area (Å²) in [5.74, 6) is -2.58. The molecule has 35 heavy (non-hydrogen) atoms. The highest BCUT2D eigenvalue weighted by Gasteiger charge is 2.36. The number of nitrogens with two attached hydrogens (primary N) is 1. The van der Waals surface area contributed by atoms with Gasteiger partial charge in [-0.05, 0) is 59.7 Å². The fraction of sp³-hybridized carbons (Fsp3) is 0.296. The van der Waals surface area contributed by atoms with Crippen LogP contribution in [0.3, 0.4) is 0 Å². The van der Waals surface area contributed by atoms with Crippen molar-refractivity contribution in [2.75, 3.05) is 20.8 Å². The minimum Gasteiger partial charge on any atom is -0.493 e. The number of halogens is 3. The molecule has 5 nitrogen and oxygen atoms in total. The van der Waals surface area contributed by atoms with Gasteiger partial charge in [-0.15, -0.1) is 0 Å². The van der Waals surface area contributed by atoms with Gasteiger partial charge in [0.2, 0.25) is 5.91 Å². The van der Waals surface area contributed by atoms with Gasteiger partial charge in [-0.3, -0.25) is 9.69 Å². The van der Waals surface area contributed by atoms with Crippen LogP contribution in [0, 0.1) is 17.5 Å². The highest BCUT2D eigenvalue weighted by Crippen LogP contribution is 2.43. The number of hydrogen-bond donors (Lipinski definition) is 1. The van der Waals surface area contributed by atoms with E-state index in [0.717, 1.165) is 22.8 Å². The predicted octanol–water partition coefficient (Wildman–Crippen LogP) is 4.88. The monoisotopic (exact) mass is 484 g/mol. The number of aryl methyl sites for hydroxylation is 1. The van der Waals surface area contributed by atoms with Crippen LogP contribution in [0.2, 0.25) is 0 Å². The maximum absolute atomic E-state index is 14.4. The van der Waals surface area contributed by atoms with Crippen molar-refractivity contribution in [3.63, 3.8) is 0 Å². The zero-order valence-electron chi connectivity index (χ0n) is 19.6. The number of methoxy groups -OCH3 is 2. The molecule has 1 unspecified atom stereocenters. The van der Waals surface area contributed by atoms with E-state index in [2.05, 4.69) is 0 Å². The van der Waals surface area contributed by atoms with E-state index in [1.54, 1.807) is 7.11 Å². The molecule has 0 spiro atoms. The Morgan fingerprint density at radius 2 is 1.74 bits per heavy atom. The van der Waals surface area contributed by atoms with Crippen LogP contribution in [0.4, 0.5) is 13.2 Å². The predicted molar refractivity (Wildman–Crippen MR) is 126 cm³/mol. The maximum atomic E-state index is 14.4. The quantitative estimate of drug-likeness (QED) is 0.463. The van der Waals surface area contributed by atoms with Crippen molar-refractivity contribution in [1.82, 2.24) is 4.90 Å². The number of ether oxygens (including phenoxy) is 2. The molecule has 0 fully saturated rings. The molecule has 0 aromatic heterocycles.